The fourth-order valence-electron chi connectivity index (χ4n) is 5.14. The molecule has 0 radical (unpaired) electrons. The Morgan fingerprint density at radius 1 is 1.21 bits per heavy atom. The number of aliphatic carboxylic acids is 1. The number of anilines is 1. The molecule has 204 valence electrons. The van der Waals surface area contributed by atoms with Gasteiger partial charge in [-0.2, -0.15) is 0 Å². The molecule has 1 atom stereocenters. The van der Waals surface area contributed by atoms with Gasteiger partial charge in [0.25, 0.3) is 0 Å². The minimum Gasteiger partial charge on any atom is -0.490 e. The Morgan fingerprint density at radius 3 is 2.69 bits per heavy atom. The molecule has 0 fully saturated rings. The molecule has 1 aliphatic heterocycles. The van der Waals surface area contributed by atoms with Crippen LogP contribution < -0.4 is 10.1 Å². The van der Waals surface area contributed by atoms with E-state index in [-0.39, 0.29) is 12.1 Å². The van der Waals surface area contributed by atoms with Crippen molar-refractivity contribution in [3.8, 4) is 16.9 Å². The van der Waals surface area contributed by atoms with Crippen LogP contribution in [0.5, 0.6) is 5.75 Å². The van der Waals surface area contributed by atoms with Crippen molar-refractivity contribution in [3.05, 3.63) is 76.6 Å². The molecule has 5 rings (SSSR count). The van der Waals surface area contributed by atoms with Crippen LogP contribution in [0.2, 0.25) is 0 Å². The van der Waals surface area contributed by atoms with Crippen LogP contribution in [0.15, 0.2) is 42.6 Å². The molecule has 1 unspecified atom stereocenters. The summed E-state index contributed by atoms with van der Waals surface area (Å²) in [6, 6.07) is 9.69. The Bertz CT molecular complexity index is 1590. The molecule has 2 aromatic heterocycles. The van der Waals surface area contributed by atoms with Gasteiger partial charge in [-0.05, 0) is 63.9 Å². The van der Waals surface area contributed by atoms with Crippen molar-refractivity contribution in [1.29, 1.82) is 0 Å². The summed E-state index contributed by atoms with van der Waals surface area (Å²) in [5.74, 6) is -2.23. The van der Waals surface area contributed by atoms with Crippen molar-refractivity contribution in [1.82, 2.24) is 9.55 Å². The third kappa shape index (κ3) is 4.94. The Morgan fingerprint density at radius 2 is 1.97 bits per heavy atom. The second kappa shape index (κ2) is 9.96. The first-order chi connectivity index (χ1) is 18.5. The third-order valence-corrected chi connectivity index (χ3v) is 6.82. The first-order valence-corrected chi connectivity index (χ1v) is 12.8. The number of carbonyl (C=O) groups is 1. The summed E-state index contributed by atoms with van der Waals surface area (Å²) in [6.45, 7) is 10.4. The van der Waals surface area contributed by atoms with Gasteiger partial charge in [0, 0.05) is 40.5 Å². The standard InChI is InChI=1S/C30H31F2N3O4/c1-16-19(9-10-22-26(16)33-12-14-38-22)24-20-11-13-35(15-18-7-6-8-21(31)25(18)32)28(20)34-17(2)23(24)27(29(36)37)39-30(3,4)5/h6-11,13,27,33H,12,14-15H2,1-5H3,(H,36,37). The lowest BCUT2D eigenvalue weighted by Gasteiger charge is -2.29. The van der Waals surface area contributed by atoms with Crippen molar-refractivity contribution in [2.75, 3.05) is 18.5 Å². The number of benzene rings is 2. The second-order valence-corrected chi connectivity index (χ2v) is 10.7. The predicted molar refractivity (Wildman–Crippen MR) is 145 cm³/mol. The normalized spacial score (nSPS) is 14.0. The number of carboxylic acids is 1. The van der Waals surface area contributed by atoms with E-state index in [1.54, 1.807) is 38.5 Å². The van der Waals surface area contributed by atoms with Crippen LogP contribution >= 0.6 is 0 Å². The number of aromatic nitrogens is 2. The van der Waals surface area contributed by atoms with Crippen molar-refractivity contribution in [3.63, 3.8) is 0 Å². The second-order valence-electron chi connectivity index (χ2n) is 10.7. The molecular weight excluding hydrogens is 504 g/mol. The van der Waals surface area contributed by atoms with Gasteiger partial charge in [-0.25, -0.2) is 18.6 Å². The number of nitrogens with one attached hydrogen (secondary N) is 1. The summed E-state index contributed by atoms with van der Waals surface area (Å²) in [7, 11) is 0. The molecule has 39 heavy (non-hydrogen) atoms. The van der Waals surface area contributed by atoms with Gasteiger partial charge >= 0.3 is 5.97 Å². The molecule has 0 aliphatic carbocycles. The van der Waals surface area contributed by atoms with E-state index >= 15 is 0 Å². The van der Waals surface area contributed by atoms with E-state index in [9.17, 15) is 18.7 Å². The molecule has 0 bridgehead atoms. The average molecular weight is 536 g/mol. The van der Waals surface area contributed by atoms with E-state index < -0.39 is 29.3 Å². The van der Waals surface area contributed by atoms with E-state index in [4.69, 9.17) is 14.5 Å². The summed E-state index contributed by atoms with van der Waals surface area (Å²) >= 11 is 0. The molecule has 4 aromatic rings. The van der Waals surface area contributed by atoms with Crippen molar-refractivity contribution in [2.24, 2.45) is 0 Å². The van der Waals surface area contributed by atoms with Crippen molar-refractivity contribution >= 4 is 22.7 Å². The molecule has 1 aliphatic rings. The quantitative estimate of drug-likeness (QED) is 0.298. The summed E-state index contributed by atoms with van der Waals surface area (Å²) in [6.07, 6.45) is 0.463. The number of rotatable bonds is 6. The zero-order valence-electron chi connectivity index (χ0n) is 22.6. The maximum absolute atomic E-state index is 14.5. The first-order valence-electron chi connectivity index (χ1n) is 12.8. The van der Waals surface area contributed by atoms with Crippen LogP contribution in [-0.2, 0) is 16.1 Å². The minimum atomic E-state index is -1.29. The predicted octanol–water partition coefficient (Wildman–Crippen LogP) is 6.39. The summed E-state index contributed by atoms with van der Waals surface area (Å²) in [5, 5.41) is 14.4. The number of nitrogens with zero attached hydrogens (tertiary/aromatic N) is 2. The summed E-state index contributed by atoms with van der Waals surface area (Å²) in [5.41, 5.74) is 4.08. The van der Waals surface area contributed by atoms with Gasteiger partial charge in [0.1, 0.15) is 18.0 Å². The van der Waals surface area contributed by atoms with E-state index in [0.717, 1.165) is 28.6 Å². The molecule has 2 N–H and O–H groups in total. The Labute approximate surface area is 225 Å². The lowest BCUT2D eigenvalue weighted by molar-refractivity contribution is -0.160. The van der Waals surface area contributed by atoms with Crippen LogP contribution in [0.25, 0.3) is 22.2 Å². The zero-order valence-corrected chi connectivity index (χ0v) is 22.6. The molecular formula is C30H31F2N3O4. The highest BCUT2D eigenvalue weighted by Gasteiger charge is 2.33. The monoisotopic (exact) mass is 535 g/mol. The van der Waals surface area contributed by atoms with Crippen molar-refractivity contribution < 1.29 is 28.2 Å². The molecule has 0 amide bonds. The maximum atomic E-state index is 14.5. The van der Waals surface area contributed by atoms with Gasteiger partial charge in [0.05, 0.1) is 17.8 Å². The summed E-state index contributed by atoms with van der Waals surface area (Å²) in [4.78, 5) is 17.4. The minimum absolute atomic E-state index is 0.0533. The topological polar surface area (TPSA) is 85.6 Å². The molecule has 0 saturated carbocycles. The third-order valence-electron chi connectivity index (χ3n) is 6.82. The van der Waals surface area contributed by atoms with Gasteiger partial charge in [0.2, 0.25) is 0 Å². The van der Waals surface area contributed by atoms with Gasteiger partial charge in [0.15, 0.2) is 17.7 Å². The highest BCUT2D eigenvalue weighted by atomic mass is 19.2. The number of hydrogen-bond acceptors (Lipinski definition) is 5. The molecule has 0 saturated heterocycles. The van der Waals surface area contributed by atoms with Crippen molar-refractivity contribution in [2.45, 2.75) is 52.9 Å². The fourth-order valence-corrected chi connectivity index (χ4v) is 5.14. The largest absolute Gasteiger partial charge is 0.490 e. The van der Waals surface area contributed by atoms with Gasteiger partial charge in [-0.1, -0.05) is 18.2 Å². The highest BCUT2D eigenvalue weighted by Crippen LogP contribution is 2.44. The molecule has 7 nitrogen and oxygen atoms in total. The molecule has 2 aromatic carbocycles. The molecule has 9 heteroatoms. The maximum Gasteiger partial charge on any atom is 0.337 e. The number of hydrogen-bond donors (Lipinski definition) is 2. The first kappa shape index (κ1) is 26.6. The average Bonchev–Trinajstić information content (AvgIpc) is 3.26. The number of carboxylic acid groups (broad SMARTS) is 1. The fraction of sp³-hybridized carbons (Fsp3) is 0.333. The van der Waals surface area contributed by atoms with E-state index in [2.05, 4.69) is 5.32 Å². The number of fused-ring (bicyclic) bond motifs is 2. The number of halogens is 2. The summed E-state index contributed by atoms with van der Waals surface area (Å²) < 4.78 is 42.1. The molecule has 3 heterocycles. The lowest BCUT2D eigenvalue weighted by Crippen LogP contribution is -2.28. The van der Waals surface area contributed by atoms with E-state index in [1.165, 1.54) is 12.1 Å². The number of aryl methyl sites for hydroxylation is 1. The Kier molecular flexibility index (Phi) is 6.80. The van der Waals surface area contributed by atoms with Gasteiger partial charge < -0.3 is 24.5 Å². The van der Waals surface area contributed by atoms with Crippen LogP contribution in [0.3, 0.4) is 0 Å². The number of pyridine rings is 1. The molecule has 0 spiro atoms. The van der Waals surface area contributed by atoms with Crippen LogP contribution in [-0.4, -0.2) is 39.4 Å². The SMILES string of the molecule is Cc1nc2c(ccn2Cc2cccc(F)c2F)c(-c2ccc3c(c2C)NCCO3)c1C(OC(C)(C)C)C(=O)O. The Hall–Kier alpha value is -3.98. The van der Waals surface area contributed by atoms with E-state index in [1.807, 2.05) is 25.1 Å². The van der Waals surface area contributed by atoms with Gasteiger partial charge in [-0.15, -0.1) is 0 Å². The lowest BCUT2D eigenvalue weighted by atomic mass is 9.89. The van der Waals surface area contributed by atoms with Crippen LogP contribution in [0, 0.1) is 25.5 Å². The zero-order chi connectivity index (χ0) is 28.1. The van der Waals surface area contributed by atoms with Crippen LogP contribution in [0.4, 0.5) is 14.5 Å². The van der Waals surface area contributed by atoms with E-state index in [0.29, 0.717) is 41.0 Å². The Balaban J connectivity index is 1.78. The van der Waals surface area contributed by atoms with Gasteiger partial charge in [-0.3, -0.25) is 0 Å². The van der Waals surface area contributed by atoms with Crippen LogP contribution in [0.1, 0.15) is 49.3 Å². The highest BCUT2D eigenvalue weighted by molar-refractivity contribution is 5.99. The smallest absolute Gasteiger partial charge is 0.337 e. The number of ether oxygens (including phenoxy) is 2.